The lowest BCUT2D eigenvalue weighted by molar-refractivity contribution is -0.137. The van der Waals surface area contributed by atoms with E-state index >= 15 is 0 Å². The van der Waals surface area contributed by atoms with Crippen LogP contribution in [0.3, 0.4) is 0 Å². The van der Waals surface area contributed by atoms with Crippen molar-refractivity contribution in [3.8, 4) is 23.7 Å². The van der Waals surface area contributed by atoms with E-state index in [2.05, 4.69) is 39.2 Å². The highest BCUT2D eigenvalue weighted by Crippen LogP contribution is 2.21. The van der Waals surface area contributed by atoms with E-state index in [1.165, 1.54) is 29.7 Å². The van der Waals surface area contributed by atoms with Crippen molar-refractivity contribution in [1.29, 1.82) is 0 Å². The summed E-state index contributed by atoms with van der Waals surface area (Å²) < 4.78 is 27.4. The second kappa shape index (κ2) is 10.9. The zero-order valence-corrected chi connectivity index (χ0v) is 17.9. The number of hydroxylamine groups is 1. The third-order valence-electron chi connectivity index (χ3n) is 4.59. The zero-order chi connectivity index (χ0) is 24.6. The van der Waals surface area contributed by atoms with Crippen LogP contribution in [0, 0.1) is 30.6 Å². The minimum absolute atomic E-state index is 0.0378. The van der Waals surface area contributed by atoms with E-state index in [4.69, 9.17) is 5.21 Å². The van der Waals surface area contributed by atoms with Crippen LogP contribution in [-0.4, -0.2) is 51.1 Å². The molecule has 1 aromatic heterocycles. The van der Waals surface area contributed by atoms with Crippen LogP contribution in [0.1, 0.15) is 41.0 Å². The highest BCUT2D eigenvalue weighted by Gasteiger charge is 2.48. The number of aromatic nitrogens is 2. The van der Waals surface area contributed by atoms with E-state index in [1.54, 1.807) is 13.1 Å². The Morgan fingerprint density at radius 3 is 2.30 bits per heavy atom. The Kier molecular flexibility index (Phi) is 8.26. The number of benzene rings is 1. The molecule has 3 amide bonds. The Hall–Kier alpha value is -4.22. The van der Waals surface area contributed by atoms with Crippen LogP contribution in [0.15, 0.2) is 30.5 Å². The quantitative estimate of drug-likeness (QED) is 0.249. The number of hydrogen-bond donors (Lipinski definition) is 5. The van der Waals surface area contributed by atoms with Crippen LogP contribution in [0.25, 0.3) is 0 Å². The summed E-state index contributed by atoms with van der Waals surface area (Å²) in [5, 5.41) is 19.7. The van der Waals surface area contributed by atoms with Gasteiger partial charge in [0.05, 0.1) is 11.3 Å². The largest absolute Gasteiger partial charge is 0.343 e. The first-order valence-electron chi connectivity index (χ1n) is 9.52. The first kappa shape index (κ1) is 25.0. The second-order valence-electron chi connectivity index (χ2n) is 7.11. The lowest BCUT2D eigenvalue weighted by Crippen LogP contribution is -2.68. The normalized spacial score (nSPS) is 12.8. The monoisotopic (exact) mass is 457 g/mol. The van der Waals surface area contributed by atoms with Gasteiger partial charge in [-0.2, -0.15) is 5.10 Å². The molecule has 0 radical (unpaired) electrons. The van der Waals surface area contributed by atoms with Gasteiger partial charge in [-0.3, -0.25) is 24.7 Å². The molecule has 9 nitrogen and oxygen atoms in total. The summed E-state index contributed by atoms with van der Waals surface area (Å²) >= 11 is 0. The van der Waals surface area contributed by atoms with E-state index in [9.17, 15) is 23.2 Å². The molecule has 2 unspecified atom stereocenters. The van der Waals surface area contributed by atoms with E-state index in [0.29, 0.717) is 11.1 Å². The second-order valence-corrected chi connectivity index (χ2v) is 7.11. The molecule has 0 aliphatic heterocycles. The summed E-state index contributed by atoms with van der Waals surface area (Å²) in [6.45, 7) is 3.66. The van der Waals surface area contributed by atoms with Gasteiger partial charge in [-0.1, -0.05) is 5.92 Å². The number of H-pyrrole nitrogens is 1. The van der Waals surface area contributed by atoms with E-state index in [-0.39, 0.29) is 5.56 Å². The summed E-state index contributed by atoms with van der Waals surface area (Å²) in [4.78, 5) is 36.0. The molecule has 172 valence electrons. The molecule has 2 atom stereocenters. The van der Waals surface area contributed by atoms with Gasteiger partial charge in [0.15, 0.2) is 0 Å². The number of halogens is 2. The predicted octanol–water partition coefficient (Wildman–Crippen LogP) is 0.885. The standard InChI is InChI=1S/C22H21F2N5O4/c1-13-17(12-25-28-13)7-5-4-6-15-8-10-16(11-9-15)19(31)26-18(20(32)29-33)22(3,21(23)24)27-14(2)30/h8-12,18,21,33H,1-3H3,(H,25,28)(H,26,31)(H,27,30)(H,29,32). The smallest absolute Gasteiger partial charge is 0.268 e. The minimum atomic E-state index is -3.24. The van der Waals surface area contributed by atoms with Gasteiger partial charge in [0.1, 0.15) is 11.6 Å². The molecule has 1 heterocycles. The summed E-state index contributed by atoms with van der Waals surface area (Å²) in [5.41, 5.74) is 0.782. The molecular weight excluding hydrogens is 436 g/mol. The number of aryl methyl sites for hydroxylation is 1. The Labute approximate surface area is 188 Å². The van der Waals surface area contributed by atoms with Gasteiger partial charge < -0.3 is 10.6 Å². The molecule has 2 rings (SSSR count). The Balaban J connectivity index is 2.18. The topological polar surface area (TPSA) is 136 Å². The number of aromatic amines is 1. The maximum absolute atomic E-state index is 13.7. The average molecular weight is 457 g/mol. The van der Waals surface area contributed by atoms with Crippen LogP contribution in [-0.2, 0) is 9.59 Å². The minimum Gasteiger partial charge on any atom is -0.343 e. The van der Waals surface area contributed by atoms with Gasteiger partial charge in [0.25, 0.3) is 18.2 Å². The van der Waals surface area contributed by atoms with E-state index in [0.717, 1.165) is 19.5 Å². The Bertz CT molecular complexity index is 1160. The molecule has 0 saturated heterocycles. The number of carbonyl (C=O) groups excluding carboxylic acids is 3. The molecule has 5 N–H and O–H groups in total. The molecule has 11 heteroatoms. The van der Waals surface area contributed by atoms with Gasteiger partial charge in [-0.05, 0) is 55.9 Å². The summed E-state index contributed by atoms with van der Waals surface area (Å²) in [6.07, 6.45) is -1.60. The predicted molar refractivity (Wildman–Crippen MR) is 113 cm³/mol. The molecule has 33 heavy (non-hydrogen) atoms. The molecule has 0 aliphatic carbocycles. The van der Waals surface area contributed by atoms with Crippen LogP contribution < -0.4 is 16.1 Å². The lowest BCUT2D eigenvalue weighted by Gasteiger charge is -2.36. The van der Waals surface area contributed by atoms with Crippen molar-refractivity contribution in [1.82, 2.24) is 26.3 Å². The number of amides is 3. The van der Waals surface area contributed by atoms with E-state index < -0.39 is 35.7 Å². The molecule has 0 bridgehead atoms. The SMILES string of the molecule is CC(=O)NC(C)(C(F)F)C(NC(=O)c1ccc(C#CC#Cc2c[nH]nc2C)cc1)C(=O)NO. The summed E-state index contributed by atoms with van der Waals surface area (Å²) in [5.74, 6) is 7.92. The van der Waals surface area contributed by atoms with Crippen molar-refractivity contribution in [2.24, 2.45) is 0 Å². The molecule has 2 aromatic rings. The highest BCUT2D eigenvalue weighted by atomic mass is 19.3. The van der Waals surface area contributed by atoms with Gasteiger partial charge in [-0.25, -0.2) is 14.3 Å². The van der Waals surface area contributed by atoms with Crippen molar-refractivity contribution < 1.29 is 28.4 Å². The first-order valence-corrected chi connectivity index (χ1v) is 9.52. The van der Waals surface area contributed by atoms with Crippen molar-refractivity contribution in [2.75, 3.05) is 0 Å². The summed E-state index contributed by atoms with van der Waals surface area (Å²) in [6, 6.07) is 3.79. The molecule has 0 aliphatic rings. The third-order valence-corrected chi connectivity index (χ3v) is 4.59. The maximum atomic E-state index is 13.7. The van der Waals surface area contributed by atoms with Crippen molar-refractivity contribution in [3.63, 3.8) is 0 Å². The number of nitrogens with zero attached hydrogens (tertiary/aromatic N) is 1. The molecule has 1 aromatic carbocycles. The third kappa shape index (κ3) is 6.38. The number of alkyl halides is 2. The van der Waals surface area contributed by atoms with Crippen molar-refractivity contribution in [2.45, 2.75) is 38.8 Å². The van der Waals surface area contributed by atoms with Gasteiger partial charge >= 0.3 is 0 Å². The average Bonchev–Trinajstić information content (AvgIpc) is 3.18. The summed E-state index contributed by atoms with van der Waals surface area (Å²) in [7, 11) is 0. The fourth-order valence-electron chi connectivity index (χ4n) is 2.79. The van der Waals surface area contributed by atoms with Crippen LogP contribution in [0.5, 0.6) is 0 Å². The molecule has 0 spiro atoms. The maximum Gasteiger partial charge on any atom is 0.268 e. The van der Waals surface area contributed by atoms with Crippen LogP contribution in [0.4, 0.5) is 8.78 Å². The van der Waals surface area contributed by atoms with Gasteiger partial charge in [-0.15, -0.1) is 0 Å². The zero-order valence-electron chi connectivity index (χ0n) is 17.9. The van der Waals surface area contributed by atoms with Crippen molar-refractivity contribution >= 4 is 17.7 Å². The fraction of sp³-hybridized carbons (Fsp3) is 0.273. The Morgan fingerprint density at radius 2 is 1.79 bits per heavy atom. The van der Waals surface area contributed by atoms with Gasteiger partial charge in [0.2, 0.25) is 5.91 Å². The van der Waals surface area contributed by atoms with Crippen LogP contribution >= 0.6 is 0 Å². The number of hydrogen-bond acceptors (Lipinski definition) is 5. The fourth-order valence-corrected chi connectivity index (χ4v) is 2.79. The lowest BCUT2D eigenvalue weighted by atomic mass is 9.91. The first-order chi connectivity index (χ1) is 15.6. The van der Waals surface area contributed by atoms with Crippen molar-refractivity contribution in [3.05, 3.63) is 52.8 Å². The van der Waals surface area contributed by atoms with E-state index in [1.807, 2.05) is 5.32 Å². The van der Waals surface area contributed by atoms with Crippen LogP contribution in [0.2, 0.25) is 0 Å². The number of carbonyl (C=O) groups is 3. The molecule has 0 fully saturated rings. The highest BCUT2D eigenvalue weighted by molar-refractivity contribution is 5.98. The Morgan fingerprint density at radius 1 is 1.15 bits per heavy atom. The van der Waals surface area contributed by atoms with Gasteiger partial charge in [0, 0.05) is 24.2 Å². The molecule has 0 saturated carbocycles. The number of nitrogens with one attached hydrogen (secondary N) is 4. The number of rotatable bonds is 6. The molecular formula is C22H21F2N5O4.